The molecule has 2 aromatic rings. The highest BCUT2D eigenvalue weighted by Crippen LogP contribution is 2.17. The van der Waals surface area contributed by atoms with E-state index in [0.717, 1.165) is 54.0 Å². The monoisotopic (exact) mass is 373 g/mol. The first kappa shape index (κ1) is 16.0. The number of aromatic nitrogens is 1. The minimum absolute atomic E-state index is 0.124. The molecule has 4 nitrogen and oxygen atoms in total. The van der Waals surface area contributed by atoms with Crippen LogP contribution in [-0.4, -0.2) is 42.0 Å². The van der Waals surface area contributed by atoms with Crippen LogP contribution < -0.4 is 4.90 Å². The van der Waals surface area contributed by atoms with Crippen LogP contribution in [0.4, 0.5) is 5.82 Å². The molecule has 1 fully saturated rings. The lowest BCUT2D eigenvalue weighted by atomic mass is 10.1. The highest BCUT2D eigenvalue weighted by Gasteiger charge is 2.20. The average molecular weight is 374 g/mol. The van der Waals surface area contributed by atoms with Crippen molar-refractivity contribution in [3.05, 3.63) is 58.2 Å². The highest BCUT2D eigenvalue weighted by atomic mass is 79.9. The molecule has 1 aliphatic heterocycles. The number of pyridine rings is 1. The molecule has 2 heterocycles. The van der Waals surface area contributed by atoms with E-state index in [2.05, 4.69) is 25.8 Å². The Hall–Kier alpha value is -1.88. The van der Waals surface area contributed by atoms with Gasteiger partial charge in [-0.1, -0.05) is 17.7 Å². The van der Waals surface area contributed by atoms with Crippen molar-refractivity contribution >= 4 is 27.7 Å². The van der Waals surface area contributed by atoms with E-state index >= 15 is 0 Å². The van der Waals surface area contributed by atoms with Crippen LogP contribution in [0.15, 0.2) is 47.1 Å². The van der Waals surface area contributed by atoms with Gasteiger partial charge in [-0.2, -0.15) is 0 Å². The van der Waals surface area contributed by atoms with Crippen LogP contribution in [0.3, 0.4) is 0 Å². The molecule has 5 heteroatoms. The number of rotatable bonds is 2. The standard InChI is InChI=1S/C18H20BrN3O/c1-14-4-2-5-15(12-14)18(23)22-9-3-8-21(10-11-22)17-7-6-16(19)13-20-17/h2,4-7,12-13H,3,8-11H2,1H3. The molecule has 23 heavy (non-hydrogen) atoms. The zero-order valence-electron chi connectivity index (χ0n) is 13.2. The molecule has 0 unspecified atom stereocenters. The Labute approximate surface area is 145 Å². The third kappa shape index (κ3) is 3.91. The predicted molar refractivity (Wildman–Crippen MR) is 95.8 cm³/mol. The fourth-order valence-corrected chi connectivity index (χ4v) is 3.10. The van der Waals surface area contributed by atoms with Gasteiger partial charge < -0.3 is 9.80 Å². The van der Waals surface area contributed by atoms with E-state index in [9.17, 15) is 4.79 Å². The van der Waals surface area contributed by atoms with Crippen molar-refractivity contribution in [1.29, 1.82) is 0 Å². The van der Waals surface area contributed by atoms with Crippen molar-refractivity contribution in [1.82, 2.24) is 9.88 Å². The Kier molecular flexibility index (Phi) is 4.96. The van der Waals surface area contributed by atoms with Gasteiger partial charge in [0, 0.05) is 42.4 Å². The van der Waals surface area contributed by atoms with Crippen LogP contribution in [0.1, 0.15) is 22.3 Å². The molecule has 1 aromatic carbocycles. The molecule has 1 saturated heterocycles. The lowest BCUT2D eigenvalue weighted by Gasteiger charge is -2.23. The van der Waals surface area contributed by atoms with Gasteiger partial charge in [0.05, 0.1) is 0 Å². The summed E-state index contributed by atoms with van der Waals surface area (Å²) in [4.78, 5) is 21.3. The molecule has 3 rings (SSSR count). The van der Waals surface area contributed by atoms with Crippen LogP contribution >= 0.6 is 15.9 Å². The average Bonchev–Trinajstić information content (AvgIpc) is 2.81. The van der Waals surface area contributed by atoms with Crippen molar-refractivity contribution in [3.63, 3.8) is 0 Å². The Morgan fingerprint density at radius 3 is 2.74 bits per heavy atom. The minimum Gasteiger partial charge on any atom is -0.355 e. The maximum Gasteiger partial charge on any atom is 0.253 e. The van der Waals surface area contributed by atoms with Crippen LogP contribution in [-0.2, 0) is 0 Å². The molecular weight excluding hydrogens is 354 g/mol. The Morgan fingerprint density at radius 2 is 2.00 bits per heavy atom. The molecule has 1 aromatic heterocycles. The van der Waals surface area contributed by atoms with Crippen LogP contribution in [0.25, 0.3) is 0 Å². The summed E-state index contributed by atoms with van der Waals surface area (Å²) in [6.45, 7) is 5.27. The first-order chi connectivity index (χ1) is 11.1. The van der Waals surface area contributed by atoms with Gasteiger partial charge in [0.2, 0.25) is 0 Å². The molecule has 0 spiro atoms. The molecule has 1 aliphatic rings. The molecule has 0 atom stereocenters. The van der Waals surface area contributed by atoms with Crippen molar-refractivity contribution in [2.75, 3.05) is 31.1 Å². The van der Waals surface area contributed by atoms with E-state index in [4.69, 9.17) is 0 Å². The number of carbonyl (C=O) groups is 1. The van der Waals surface area contributed by atoms with Gasteiger partial charge in [-0.05, 0) is 53.5 Å². The van der Waals surface area contributed by atoms with Gasteiger partial charge in [-0.25, -0.2) is 4.98 Å². The zero-order chi connectivity index (χ0) is 16.2. The summed E-state index contributed by atoms with van der Waals surface area (Å²) in [7, 11) is 0. The van der Waals surface area contributed by atoms with Gasteiger partial charge in [0.1, 0.15) is 5.82 Å². The van der Waals surface area contributed by atoms with E-state index in [-0.39, 0.29) is 5.91 Å². The second-order valence-corrected chi connectivity index (χ2v) is 6.75. The number of benzene rings is 1. The number of nitrogens with zero attached hydrogens (tertiary/aromatic N) is 3. The molecular formula is C18H20BrN3O. The Bertz CT molecular complexity index is 687. The maximum absolute atomic E-state index is 12.7. The minimum atomic E-state index is 0.124. The molecule has 0 bridgehead atoms. The van der Waals surface area contributed by atoms with Gasteiger partial charge in [0.15, 0.2) is 0 Å². The van der Waals surface area contributed by atoms with Crippen molar-refractivity contribution in [3.8, 4) is 0 Å². The van der Waals surface area contributed by atoms with Crippen molar-refractivity contribution < 1.29 is 4.79 Å². The molecule has 120 valence electrons. The molecule has 0 saturated carbocycles. The fourth-order valence-electron chi connectivity index (χ4n) is 2.87. The molecule has 0 aliphatic carbocycles. The summed E-state index contributed by atoms with van der Waals surface area (Å²) < 4.78 is 0.979. The summed E-state index contributed by atoms with van der Waals surface area (Å²) >= 11 is 3.41. The summed E-state index contributed by atoms with van der Waals surface area (Å²) in [5.74, 6) is 1.09. The highest BCUT2D eigenvalue weighted by molar-refractivity contribution is 9.10. The zero-order valence-corrected chi connectivity index (χ0v) is 14.8. The smallest absolute Gasteiger partial charge is 0.253 e. The quantitative estimate of drug-likeness (QED) is 0.807. The Balaban J connectivity index is 1.68. The second kappa shape index (κ2) is 7.13. The number of anilines is 1. The first-order valence-electron chi connectivity index (χ1n) is 7.86. The molecule has 1 amide bonds. The number of halogens is 1. The van der Waals surface area contributed by atoms with E-state index in [0.29, 0.717) is 0 Å². The van der Waals surface area contributed by atoms with Crippen molar-refractivity contribution in [2.45, 2.75) is 13.3 Å². The van der Waals surface area contributed by atoms with Gasteiger partial charge in [0.25, 0.3) is 5.91 Å². The van der Waals surface area contributed by atoms with Crippen molar-refractivity contribution in [2.24, 2.45) is 0 Å². The third-order valence-electron chi connectivity index (χ3n) is 4.08. The van der Waals surface area contributed by atoms with E-state index in [1.807, 2.05) is 54.4 Å². The van der Waals surface area contributed by atoms with E-state index in [1.165, 1.54) is 0 Å². The second-order valence-electron chi connectivity index (χ2n) is 5.84. The number of hydrogen-bond acceptors (Lipinski definition) is 3. The summed E-state index contributed by atoms with van der Waals surface area (Å²) in [6.07, 6.45) is 2.77. The number of aryl methyl sites for hydroxylation is 1. The van der Waals surface area contributed by atoms with Gasteiger partial charge in [-0.15, -0.1) is 0 Å². The molecule has 0 radical (unpaired) electrons. The Morgan fingerprint density at radius 1 is 1.13 bits per heavy atom. The van der Waals surface area contributed by atoms with Gasteiger partial charge >= 0.3 is 0 Å². The van der Waals surface area contributed by atoms with Crippen LogP contribution in [0.5, 0.6) is 0 Å². The van der Waals surface area contributed by atoms with Crippen LogP contribution in [0, 0.1) is 6.92 Å². The van der Waals surface area contributed by atoms with Gasteiger partial charge in [-0.3, -0.25) is 4.79 Å². The fraction of sp³-hybridized carbons (Fsp3) is 0.333. The first-order valence-corrected chi connectivity index (χ1v) is 8.65. The third-order valence-corrected chi connectivity index (χ3v) is 4.55. The van der Waals surface area contributed by atoms with Crippen LogP contribution in [0.2, 0.25) is 0 Å². The number of amides is 1. The SMILES string of the molecule is Cc1cccc(C(=O)N2CCCN(c3ccc(Br)cn3)CC2)c1. The number of carbonyl (C=O) groups excluding carboxylic acids is 1. The van der Waals surface area contributed by atoms with E-state index in [1.54, 1.807) is 0 Å². The lowest BCUT2D eigenvalue weighted by Crippen LogP contribution is -2.35. The number of hydrogen-bond donors (Lipinski definition) is 0. The van der Waals surface area contributed by atoms with E-state index < -0.39 is 0 Å². The summed E-state index contributed by atoms with van der Waals surface area (Å²) in [5.41, 5.74) is 1.89. The maximum atomic E-state index is 12.7. The lowest BCUT2D eigenvalue weighted by molar-refractivity contribution is 0.0767. The summed E-state index contributed by atoms with van der Waals surface area (Å²) in [5, 5.41) is 0. The predicted octanol–water partition coefficient (Wildman–Crippen LogP) is 3.51. The summed E-state index contributed by atoms with van der Waals surface area (Å²) in [6, 6.07) is 11.8. The topological polar surface area (TPSA) is 36.4 Å². The normalized spacial score (nSPS) is 15.4. The molecule has 0 N–H and O–H groups in total. The largest absolute Gasteiger partial charge is 0.355 e.